The molecule has 1 saturated heterocycles. The van der Waals surface area contributed by atoms with Crippen LogP contribution >= 0.6 is 11.6 Å². The number of dihydropyridines is 1. The van der Waals surface area contributed by atoms with Crippen LogP contribution in [0.25, 0.3) is 5.57 Å². The molecule has 2 aliphatic rings. The van der Waals surface area contributed by atoms with Gasteiger partial charge < -0.3 is 21.1 Å². The molecule has 2 heterocycles. The lowest BCUT2D eigenvalue weighted by molar-refractivity contribution is -0.000547. The van der Waals surface area contributed by atoms with Crippen LogP contribution in [0, 0.1) is 6.92 Å². The highest BCUT2D eigenvalue weighted by atomic mass is 35.5. The Labute approximate surface area is 134 Å². The van der Waals surface area contributed by atoms with Gasteiger partial charge in [-0.1, -0.05) is 17.7 Å². The van der Waals surface area contributed by atoms with Gasteiger partial charge in [-0.15, -0.1) is 0 Å². The quantitative estimate of drug-likeness (QED) is 0.444. The zero-order valence-corrected chi connectivity index (χ0v) is 13.1. The van der Waals surface area contributed by atoms with Gasteiger partial charge in [0.2, 0.25) is 0 Å². The van der Waals surface area contributed by atoms with Gasteiger partial charge in [0.15, 0.2) is 10.8 Å². The van der Waals surface area contributed by atoms with Crippen LogP contribution in [0.3, 0.4) is 0 Å². The number of hydrogen-bond acceptors (Lipinski definition) is 4. The molecule has 2 aliphatic heterocycles. The van der Waals surface area contributed by atoms with Crippen molar-refractivity contribution in [3.05, 3.63) is 47.4 Å². The monoisotopic (exact) mass is 323 g/mol. The fourth-order valence-electron chi connectivity index (χ4n) is 2.77. The highest BCUT2D eigenvalue weighted by Gasteiger charge is 2.45. The molecular formula is C16H19ClFN3O. The van der Waals surface area contributed by atoms with Gasteiger partial charge in [-0.2, -0.15) is 0 Å². The SMILES string of the molecule is Cc1ccc(N)cc1C1=C(F)C(Cl)(C2CNCCO2)NC=C1. The maximum atomic E-state index is 15.2. The molecule has 4 N–H and O–H groups in total. The van der Waals surface area contributed by atoms with Gasteiger partial charge in [-0.3, -0.25) is 0 Å². The summed E-state index contributed by atoms with van der Waals surface area (Å²) in [6.07, 6.45) is 2.84. The van der Waals surface area contributed by atoms with E-state index in [1.165, 1.54) is 0 Å². The lowest BCUT2D eigenvalue weighted by Crippen LogP contribution is -2.57. The van der Waals surface area contributed by atoms with Gasteiger partial charge in [-0.25, -0.2) is 4.39 Å². The minimum absolute atomic E-state index is 0.438. The summed E-state index contributed by atoms with van der Waals surface area (Å²) in [5, 5.41) is 6.07. The molecule has 3 rings (SSSR count). The fraction of sp³-hybridized carbons (Fsp3) is 0.375. The molecule has 2 unspecified atom stereocenters. The Hall–Kier alpha value is -1.56. The Morgan fingerprint density at radius 1 is 1.45 bits per heavy atom. The summed E-state index contributed by atoms with van der Waals surface area (Å²) in [4.78, 5) is -1.41. The predicted molar refractivity (Wildman–Crippen MR) is 87.1 cm³/mol. The number of allylic oxidation sites excluding steroid dienone is 2. The van der Waals surface area contributed by atoms with E-state index in [1.54, 1.807) is 24.4 Å². The largest absolute Gasteiger partial charge is 0.399 e. The van der Waals surface area contributed by atoms with Crippen LogP contribution in [-0.2, 0) is 4.74 Å². The molecule has 0 amide bonds. The topological polar surface area (TPSA) is 59.3 Å². The standard InChI is InChI=1S/C16H19ClFN3O/c1-10-2-3-11(19)8-13(10)12-4-5-21-16(17,15(12)18)14-9-20-6-7-22-14/h2-5,8,14,20-21H,6-7,9,19H2,1H3. The van der Waals surface area contributed by atoms with E-state index in [-0.39, 0.29) is 0 Å². The summed E-state index contributed by atoms with van der Waals surface area (Å²) >= 11 is 6.55. The average Bonchev–Trinajstić information content (AvgIpc) is 2.53. The molecule has 118 valence electrons. The van der Waals surface area contributed by atoms with Crippen LogP contribution in [0.15, 0.2) is 36.3 Å². The van der Waals surface area contributed by atoms with Crippen molar-refractivity contribution in [2.45, 2.75) is 18.0 Å². The van der Waals surface area contributed by atoms with E-state index in [0.717, 1.165) is 17.7 Å². The number of alkyl halides is 1. The lowest BCUT2D eigenvalue weighted by atomic mass is 9.93. The number of aryl methyl sites for hydroxylation is 1. The fourth-order valence-corrected chi connectivity index (χ4v) is 3.08. The van der Waals surface area contributed by atoms with E-state index < -0.39 is 16.9 Å². The van der Waals surface area contributed by atoms with Crippen molar-refractivity contribution in [1.29, 1.82) is 0 Å². The van der Waals surface area contributed by atoms with Crippen LogP contribution in [0.1, 0.15) is 11.1 Å². The Morgan fingerprint density at radius 2 is 2.27 bits per heavy atom. The molecule has 4 nitrogen and oxygen atoms in total. The molecule has 0 bridgehead atoms. The molecule has 1 fully saturated rings. The number of nitrogen functional groups attached to an aromatic ring is 1. The average molecular weight is 324 g/mol. The molecule has 1 aromatic carbocycles. The molecule has 6 heteroatoms. The second-order valence-corrected chi connectivity index (χ2v) is 6.15. The molecular weight excluding hydrogens is 305 g/mol. The molecule has 0 aromatic heterocycles. The summed E-state index contributed by atoms with van der Waals surface area (Å²) in [6.45, 7) is 3.65. The van der Waals surface area contributed by atoms with Crippen molar-refractivity contribution in [1.82, 2.24) is 10.6 Å². The molecule has 1 aromatic rings. The van der Waals surface area contributed by atoms with Crippen LogP contribution in [-0.4, -0.2) is 30.8 Å². The number of rotatable bonds is 2. The van der Waals surface area contributed by atoms with Gasteiger partial charge >= 0.3 is 0 Å². The van der Waals surface area contributed by atoms with Gasteiger partial charge in [0.05, 0.1) is 6.61 Å². The molecule has 0 saturated carbocycles. The molecule has 0 spiro atoms. The normalized spacial score (nSPS) is 28.6. The van der Waals surface area contributed by atoms with Crippen LogP contribution in [0.2, 0.25) is 0 Å². The van der Waals surface area contributed by atoms with Crippen LogP contribution in [0.4, 0.5) is 10.1 Å². The Morgan fingerprint density at radius 3 is 3.00 bits per heavy atom. The first-order valence-corrected chi connectivity index (χ1v) is 7.62. The third-order valence-corrected chi connectivity index (χ3v) is 4.54. The van der Waals surface area contributed by atoms with Gasteiger partial charge in [0, 0.05) is 24.4 Å². The van der Waals surface area contributed by atoms with Gasteiger partial charge in [0.25, 0.3) is 0 Å². The Kier molecular flexibility index (Phi) is 4.12. The zero-order valence-electron chi connectivity index (χ0n) is 12.3. The summed E-state index contributed by atoms with van der Waals surface area (Å²) in [7, 11) is 0. The molecule has 0 radical (unpaired) electrons. The van der Waals surface area contributed by atoms with Crippen molar-refractivity contribution >= 4 is 22.9 Å². The summed E-state index contributed by atoms with van der Waals surface area (Å²) in [5.41, 5.74) is 8.54. The number of morpholine rings is 1. The number of benzene rings is 1. The van der Waals surface area contributed by atoms with Crippen molar-refractivity contribution in [2.24, 2.45) is 0 Å². The van der Waals surface area contributed by atoms with E-state index in [0.29, 0.717) is 24.4 Å². The van der Waals surface area contributed by atoms with E-state index in [4.69, 9.17) is 22.1 Å². The Bertz CT molecular complexity index is 640. The van der Waals surface area contributed by atoms with E-state index in [9.17, 15) is 0 Å². The first kappa shape index (κ1) is 15.3. The summed E-state index contributed by atoms with van der Waals surface area (Å²) < 4.78 is 20.8. The second kappa shape index (κ2) is 5.91. The van der Waals surface area contributed by atoms with Crippen molar-refractivity contribution in [3.8, 4) is 0 Å². The van der Waals surface area contributed by atoms with Crippen LogP contribution < -0.4 is 16.4 Å². The highest BCUT2D eigenvalue weighted by Crippen LogP contribution is 2.39. The second-order valence-electron chi connectivity index (χ2n) is 5.56. The van der Waals surface area contributed by atoms with E-state index in [1.807, 2.05) is 13.0 Å². The van der Waals surface area contributed by atoms with Crippen molar-refractivity contribution in [2.75, 3.05) is 25.4 Å². The number of halogens is 2. The maximum absolute atomic E-state index is 15.2. The van der Waals surface area contributed by atoms with Crippen molar-refractivity contribution in [3.63, 3.8) is 0 Å². The van der Waals surface area contributed by atoms with Gasteiger partial charge in [0.1, 0.15) is 6.10 Å². The third kappa shape index (κ3) is 2.60. The van der Waals surface area contributed by atoms with E-state index >= 15 is 4.39 Å². The van der Waals surface area contributed by atoms with Crippen molar-refractivity contribution < 1.29 is 9.13 Å². The number of anilines is 1. The van der Waals surface area contributed by atoms with E-state index in [2.05, 4.69) is 10.6 Å². The van der Waals surface area contributed by atoms with Crippen LogP contribution in [0.5, 0.6) is 0 Å². The summed E-state index contributed by atoms with van der Waals surface area (Å²) in [6, 6.07) is 5.43. The first-order valence-electron chi connectivity index (χ1n) is 7.24. The smallest absolute Gasteiger partial charge is 0.192 e. The zero-order chi connectivity index (χ0) is 15.7. The number of nitrogens with one attached hydrogen (secondary N) is 2. The number of hydrogen-bond donors (Lipinski definition) is 3. The third-order valence-electron chi connectivity index (χ3n) is 4.02. The predicted octanol–water partition coefficient (Wildman–Crippen LogP) is 2.30. The molecule has 2 atom stereocenters. The molecule has 0 aliphatic carbocycles. The lowest BCUT2D eigenvalue weighted by Gasteiger charge is -2.39. The van der Waals surface area contributed by atoms with Gasteiger partial charge in [-0.05, 0) is 42.5 Å². The first-order chi connectivity index (χ1) is 10.5. The number of ether oxygens (including phenoxy) is 1. The minimum atomic E-state index is -1.41. The highest BCUT2D eigenvalue weighted by molar-refractivity contribution is 6.27. The summed E-state index contributed by atoms with van der Waals surface area (Å²) in [5.74, 6) is -0.445. The Balaban J connectivity index is 2.04. The molecule has 22 heavy (non-hydrogen) atoms. The minimum Gasteiger partial charge on any atom is -0.399 e. The maximum Gasteiger partial charge on any atom is 0.192 e. The number of nitrogens with two attached hydrogens (primary N) is 1.